The van der Waals surface area contributed by atoms with Gasteiger partial charge in [-0.05, 0) is 50.1 Å². The van der Waals surface area contributed by atoms with E-state index in [1.165, 1.54) is 8.61 Å². The Morgan fingerprint density at radius 2 is 1.19 bits per heavy atom. The molecule has 0 aliphatic carbocycles. The summed E-state index contributed by atoms with van der Waals surface area (Å²) in [6, 6.07) is 22.1. The third-order valence-corrected chi connectivity index (χ3v) is 9.47. The second-order valence-electron chi connectivity index (χ2n) is 8.06. The van der Waals surface area contributed by atoms with E-state index in [2.05, 4.69) is 0 Å². The summed E-state index contributed by atoms with van der Waals surface area (Å²) in [5.41, 5.74) is 2.75. The molecule has 1 unspecified atom stereocenters. The van der Waals surface area contributed by atoms with Gasteiger partial charge in [-0.1, -0.05) is 65.7 Å². The number of rotatable bonds is 5. The SMILES string of the molecule is Cc1ccc(S(=O)(=O)N2CCC(c3ccccc3)N(S(=O)(=O)c3ccc(C)cc3)C2)cc1. The fraction of sp³-hybridized carbons (Fsp3) is 0.250. The lowest BCUT2D eigenvalue weighted by Crippen LogP contribution is -2.50. The van der Waals surface area contributed by atoms with E-state index in [0.29, 0.717) is 6.42 Å². The lowest BCUT2D eigenvalue weighted by molar-refractivity contribution is 0.170. The molecule has 0 amide bonds. The lowest BCUT2D eigenvalue weighted by atomic mass is 10.0. The van der Waals surface area contributed by atoms with Crippen molar-refractivity contribution in [3.8, 4) is 0 Å². The summed E-state index contributed by atoms with van der Waals surface area (Å²) in [4.78, 5) is 0.313. The predicted octanol–water partition coefficient (Wildman–Crippen LogP) is 4.09. The highest BCUT2D eigenvalue weighted by atomic mass is 32.2. The van der Waals surface area contributed by atoms with Gasteiger partial charge in [-0.3, -0.25) is 0 Å². The minimum absolute atomic E-state index is 0.151. The van der Waals surface area contributed by atoms with Gasteiger partial charge in [0, 0.05) is 6.54 Å². The summed E-state index contributed by atoms with van der Waals surface area (Å²) in [5, 5.41) is 0. The maximum Gasteiger partial charge on any atom is 0.244 e. The molecule has 0 bridgehead atoms. The molecule has 1 atom stereocenters. The van der Waals surface area contributed by atoms with Crippen LogP contribution >= 0.6 is 0 Å². The van der Waals surface area contributed by atoms with E-state index >= 15 is 0 Å². The van der Waals surface area contributed by atoms with Gasteiger partial charge in [0.05, 0.1) is 22.5 Å². The zero-order chi connectivity index (χ0) is 22.9. The summed E-state index contributed by atoms with van der Waals surface area (Å²) in [6.07, 6.45) is 0.361. The van der Waals surface area contributed by atoms with Crippen molar-refractivity contribution in [2.24, 2.45) is 0 Å². The predicted molar refractivity (Wildman–Crippen MR) is 124 cm³/mol. The molecule has 1 aliphatic rings. The summed E-state index contributed by atoms with van der Waals surface area (Å²) >= 11 is 0. The third kappa shape index (κ3) is 4.36. The second kappa shape index (κ2) is 8.78. The normalized spacial score (nSPS) is 18.5. The highest BCUT2D eigenvalue weighted by Crippen LogP contribution is 2.35. The highest BCUT2D eigenvalue weighted by Gasteiger charge is 2.41. The molecular weight excluding hydrogens is 444 g/mol. The third-order valence-electron chi connectivity index (χ3n) is 5.77. The van der Waals surface area contributed by atoms with E-state index in [9.17, 15) is 16.8 Å². The van der Waals surface area contributed by atoms with Crippen molar-refractivity contribution in [3.05, 3.63) is 95.6 Å². The van der Waals surface area contributed by atoms with Crippen LogP contribution in [0.5, 0.6) is 0 Å². The minimum atomic E-state index is -3.93. The fourth-order valence-electron chi connectivity index (χ4n) is 3.89. The van der Waals surface area contributed by atoms with Crippen molar-refractivity contribution < 1.29 is 16.8 Å². The van der Waals surface area contributed by atoms with Crippen molar-refractivity contribution in [3.63, 3.8) is 0 Å². The van der Waals surface area contributed by atoms with Gasteiger partial charge in [-0.15, -0.1) is 0 Å². The molecule has 4 rings (SSSR count). The van der Waals surface area contributed by atoms with Gasteiger partial charge in [-0.25, -0.2) is 16.8 Å². The van der Waals surface area contributed by atoms with Crippen LogP contribution in [0.2, 0.25) is 0 Å². The molecule has 0 radical (unpaired) electrons. The van der Waals surface area contributed by atoms with Crippen molar-refractivity contribution in [1.82, 2.24) is 8.61 Å². The van der Waals surface area contributed by atoms with E-state index in [0.717, 1.165) is 16.7 Å². The Bertz CT molecular complexity index is 1290. The summed E-state index contributed by atoms with van der Waals surface area (Å²) < 4.78 is 56.4. The molecule has 168 valence electrons. The van der Waals surface area contributed by atoms with Crippen LogP contribution in [0.1, 0.15) is 29.2 Å². The van der Waals surface area contributed by atoms with Crippen molar-refractivity contribution in [1.29, 1.82) is 0 Å². The molecule has 1 fully saturated rings. The molecule has 3 aromatic carbocycles. The van der Waals surface area contributed by atoms with Gasteiger partial charge < -0.3 is 0 Å². The molecule has 0 aromatic heterocycles. The van der Waals surface area contributed by atoms with Gasteiger partial charge in [0.2, 0.25) is 20.0 Å². The maximum absolute atomic E-state index is 13.6. The summed E-state index contributed by atoms with van der Waals surface area (Å²) in [6.45, 7) is 3.76. The Kier molecular flexibility index (Phi) is 6.22. The molecule has 0 N–H and O–H groups in total. The Balaban J connectivity index is 1.74. The number of nitrogens with zero attached hydrogens (tertiary/aromatic N) is 2. The van der Waals surface area contributed by atoms with Crippen LogP contribution in [0, 0.1) is 13.8 Å². The lowest BCUT2D eigenvalue weighted by Gasteiger charge is -2.40. The average Bonchev–Trinajstić information content (AvgIpc) is 2.80. The molecule has 1 aliphatic heterocycles. The Labute approximate surface area is 190 Å². The van der Waals surface area contributed by atoms with Crippen molar-refractivity contribution in [2.75, 3.05) is 13.2 Å². The van der Waals surface area contributed by atoms with Crippen LogP contribution in [-0.4, -0.2) is 38.7 Å². The number of benzene rings is 3. The Morgan fingerprint density at radius 3 is 1.72 bits per heavy atom. The van der Waals surface area contributed by atoms with Crippen molar-refractivity contribution >= 4 is 20.0 Å². The van der Waals surface area contributed by atoms with Crippen LogP contribution in [0.25, 0.3) is 0 Å². The molecule has 0 spiro atoms. The Morgan fingerprint density at radius 1 is 0.688 bits per heavy atom. The molecule has 1 saturated heterocycles. The standard InChI is InChI=1S/C24H26N2O4S2/c1-19-8-12-22(13-9-19)31(27,28)25-17-16-24(21-6-4-3-5-7-21)26(18-25)32(29,30)23-14-10-20(2)11-15-23/h3-15,24H,16-18H2,1-2H3. The van der Waals surface area contributed by atoms with E-state index < -0.39 is 26.1 Å². The van der Waals surface area contributed by atoms with E-state index in [-0.39, 0.29) is 23.0 Å². The quantitative estimate of drug-likeness (QED) is 0.563. The molecular formula is C24H26N2O4S2. The first-order valence-electron chi connectivity index (χ1n) is 10.4. The second-order valence-corrected chi connectivity index (χ2v) is 11.9. The molecule has 1 heterocycles. The minimum Gasteiger partial charge on any atom is -0.207 e. The van der Waals surface area contributed by atoms with Gasteiger partial charge in [0.25, 0.3) is 0 Å². The van der Waals surface area contributed by atoms with Crippen LogP contribution in [0.15, 0.2) is 88.7 Å². The first kappa shape index (κ1) is 22.7. The van der Waals surface area contributed by atoms with Gasteiger partial charge in [-0.2, -0.15) is 8.61 Å². The number of aryl methyl sites for hydroxylation is 2. The van der Waals surface area contributed by atoms with Gasteiger partial charge in [0.1, 0.15) is 0 Å². The molecule has 8 heteroatoms. The first-order valence-corrected chi connectivity index (χ1v) is 13.3. The largest absolute Gasteiger partial charge is 0.244 e. The van der Waals surface area contributed by atoms with Crippen LogP contribution < -0.4 is 0 Å². The summed E-state index contributed by atoms with van der Waals surface area (Å²) in [5.74, 6) is 0. The molecule has 32 heavy (non-hydrogen) atoms. The molecule has 3 aromatic rings. The maximum atomic E-state index is 13.6. The molecule has 0 saturated carbocycles. The monoisotopic (exact) mass is 470 g/mol. The fourth-order valence-corrected chi connectivity index (χ4v) is 6.97. The smallest absolute Gasteiger partial charge is 0.207 e. The van der Waals surface area contributed by atoms with Crippen molar-refractivity contribution in [2.45, 2.75) is 36.1 Å². The topological polar surface area (TPSA) is 74.8 Å². The summed E-state index contributed by atoms with van der Waals surface area (Å²) in [7, 11) is -7.77. The van der Waals surface area contributed by atoms with Crippen LogP contribution in [-0.2, 0) is 20.0 Å². The van der Waals surface area contributed by atoms with Gasteiger partial charge in [0.15, 0.2) is 0 Å². The average molecular weight is 471 g/mol. The van der Waals surface area contributed by atoms with Crippen LogP contribution in [0.3, 0.4) is 0 Å². The van der Waals surface area contributed by atoms with E-state index in [1.54, 1.807) is 48.5 Å². The zero-order valence-corrected chi connectivity index (χ0v) is 19.7. The Hall–Kier alpha value is -2.52. The highest BCUT2D eigenvalue weighted by molar-refractivity contribution is 7.90. The van der Waals surface area contributed by atoms with Crippen LogP contribution in [0.4, 0.5) is 0 Å². The number of sulfonamides is 2. The first-order chi connectivity index (χ1) is 15.2. The van der Waals surface area contributed by atoms with E-state index in [4.69, 9.17) is 0 Å². The number of hydrogen-bond donors (Lipinski definition) is 0. The zero-order valence-electron chi connectivity index (χ0n) is 18.0. The molecule has 6 nitrogen and oxygen atoms in total. The van der Waals surface area contributed by atoms with Gasteiger partial charge >= 0.3 is 0 Å². The van der Waals surface area contributed by atoms with E-state index in [1.807, 2.05) is 44.2 Å². The number of hydrogen-bond acceptors (Lipinski definition) is 4.